The molecule has 1 N–H and O–H groups in total. The minimum atomic E-state index is 0.390. The maximum absolute atomic E-state index is 5.19. The second kappa shape index (κ2) is 7.93. The Morgan fingerprint density at radius 3 is 2.61 bits per heavy atom. The van der Waals surface area contributed by atoms with Crippen LogP contribution in [0.25, 0.3) is 0 Å². The molecule has 2 atom stereocenters. The molecule has 0 radical (unpaired) electrons. The SMILES string of the molecule is CCNC(c1cc(C)cc(Br)c1)C(C)CCOC. The van der Waals surface area contributed by atoms with Gasteiger partial charge in [0.15, 0.2) is 0 Å². The molecule has 0 aliphatic rings. The number of ether oxygens (including phenoxy) is 1. The standard InChI is InChI=1S/C15H24BrNO/c1-5-17-15(12(3)6-7-18-4)13-8-11(2)9-14(16)10-13/h8-10,12,15,17H,5-7H2,1-4H3. The van der Waals surface area contributed by atoms with E-state index in [1.54, 1.807) is 7.11 Å². The summed E-state index contributed by atoms with van der Waals surface area (Å²) in [6.07, 6.45) is 1.07. The van der Waals surface area contributed by atoms with Crippen LogP contribution in [0.15, 0.2) is 22.7 Å². The Kier molecular flexibility index (Phi) is 6.90. The fraction of sp³-hybridized carbons (Fsp3) is 0.600. The Bertz CT molecular complexity index is 347. The van der Waals surface area contributed by atoms with Crippen molar-refractivity contribution in [2.24, 2.45) is 5.92 Å². The highest BCUT2D eigenvalue weighted by molar-refractivity contribution is 9.10. The van der Waals surface area contributed by atoms with E-state index < -0.39 is 0 Å². The Morgan fingerprint density at radius 2 is 2.06 bits per heavy atom. The van der Waals surface area contributed by atoms with Gasteiger partial charge >= 0.3 is 0 Å². The molecule has 0 aliphatic carbocycles. The Hall–Kier alpha value is -0.380. The van der Waals surface area contributed by atoms with Crippen molar-refractivity contribution in [2.45, 2.75) is 33.2 Å². The average molecular weight is 314 g/mol. The lowest BCUT2D eigenvalue weighted by atomic mass is 9.91. The van der Waals surface area contributed by atoms with E-state index in [-0.39, 0.29) is 0 Å². The van der Waals surface area contributed by atoms with Gasteiger partial charge in [-0.1, -0.05) is 35.8 Å². The van der Waals surface area contributed by atoms with Gasteiger partial charge in [-0.15, -0.1) is 0 Å². The third kappa shape index (κ3) is 4.71. The van der Waals surface area contributed by atoms with E-state index in [0.29, 0.717) is 12.0 Å². The van der Waals surface area contributed by atoms with Gasteiger partial charge in [-0.3, -0.25) is 0 Å². The van der Waals surface area contributed by atoms with Crippen molar-refractivity contribution >= 4 is 15.9 Å². The average Bonchev–Trinajstić information content (AvgIpc) is 2.31. The second-order valence-electron chi connectivity index (χ2n) is 4.86. The highest BCUT2D eigenvalue weighted by atomic mass is 79.9. The van der Waals surface area contributed by atoms with E-state index in [4.69, 9.17) is 4.74 Å². The van der Waals surface area contributed by atoms with Crippen molar-refractivity contribution in [1.29, 1.82) is 0 Å². The zero-order valence-electron chi connectivity index (χ0n) is 11.8. The summed E-state index contributed by atoms with van der Waals surface area (Å²) in [7, 11) is 1.76. The van der Waals surface area contributed by atoms with Gasteiger partial charge in [-0.25, -0.2) is 0 Å². The number of hydrogen-bond acceptors (Lipinski definition) is 2. The van der Waals surface area contributed by atoms with E-state index in [9.17, 15) is 0 Å². The van der Waals surface area contributed by atoms with E-state index in [1.807, 2.05) is 0 Å². The first-order valence-corrected chi connectivity index (χ1v) is 7.37. The minimum absolute atomic E-state index is 0.390. The van der Waals surface area contributed by atoms with E-state index in [1.165, 1.54) is 11.1 Å². The molecule has 0 bridgehead atoms. The molecule has 18 heavy (non-hydrogen) atoms. The first-order valence-electron chi connectivity index (χ1n) is 6.57. The number of aryl methyl sites for hydroxylation is 1. The van der Waals surface area contributed by atoms with Crippen molar-refractivity contribution < 1.29 is 4.74 Å². The van der Waals surface area contributed by atoms with Crippen LogP contribution in [0.2, 0.25) is 0 Å². The van der Waals surface area contributed by atoms with Gasteiger partial charge in [-0.2, -0.15) is 0 Å². The quantitative estimate of drug-likeness (QED) is 0.819. The zero-order valence-corrected chi connectivity index (χ0v) is 13.4. The smallest absolute Gasteiger partial charge is 0.0465 e. The van der Waals surface area contributed by atoms with Crippen LogP contribution < -0.4 is 5.32 Å². The summed E-state index contributed by atoms with van der Waals surface area (Å²) in [5.74, 6) is 0.554. The van der Waals surface area contributed by atoms with Crippen molar-refractivity contribution in [2.75, 3.05) is 20.3 Å². The number of benzene rings is 1. The predicted molar refractivity (Wildman–Crippen MR) is 81.0 cm³/mol. The molecule has 3 heteroatoms. The third-order valence-electron chi connectivity index (χ3n) is 3.19. The first kappa shape index (κ1) is 15.7. The predicted octanol–water partition coefficient (Wildman–Crippen LogP) is 4.08. The van der Waals surface area contributed by atoms with Crippen LogP contribution in [-0.4, -0.2) is 20.3 Å². The van der Waals surface area contributed by atoms with Crippen molar-refractivity contribution in [3.63, 3.8) is 0 Å². The van der Waals surface area contributed by atoms with Gasteiger partial charge in [0.05, 0.1) is 0 Å². The number of hydrogen-bond donors (Lipinski definition) is 1. The lowest BCUT2D eigenvalue weighted by Gasteiger charge is -2.25. The van der Waals surface area contributed by atoms with Gasteiger partial charge in [0.25, 0.3) is 0 Å². The summed E-state index contributed by atoms with van der Waals surface area (Å²) in [6, 6.07) is 7.01. The van der Waals surface area contributed by atoms with Gasteiger partial charge in [-0.05, 0) is 49.1 Å². The van der Waals surface area contributed by atoms with Crippen molar-refractivity contribution in [3.8, 4) is 0 Å². The second-order valence-corrected chi connectivity index (χ2v) is 5.77. The molecule has 2 unspecified atom stereocenters. The number of nitrogens with one attached hydrogen (secondary N) is 1. The molecule has 0 fully saturated rings. The maximum Gasteiger partial charge on any atom is 0.0465 e. The monoisotopic (exact) mass is 313 g/mol. The molecule has 1 rings (SSSR count). The normalized spacial score (nSPS) is 14.5. The molecule has 0 spiro atoms. The zero-order chi connectivity index (χ0) is 13.5. The number of rotatable bonds is 7. The number of halogens is 1. The van der Waals surface area contributed by atoms with Gasteiger partial charge < -0.3 is 10.1 Å². The molecule has 0 saturated carbocycles. The lowest BCUT2D eigenvalue weighted by Crippen LogP contribution is -2.27. The molecule has 0 aliphatic heterocycles. The largest absolute Gasteiger partial charge is 0.385 e. The van der Waals surface area contributed by atoms with Crippen molar-refractivity contribution in [3.05, 3.63) is 33.8 Å². The summed E-state index contributed by atoms with van der Waals surface area (Å²) < 4.78 is 6.34. The highest BCUT2D eigenvalue weighted by Gasteiger charge is 2.18. The summed E-state index contributed by atoms with van der Waals surface area (Å²) in [5, 5.41) is 3.59. The number of methoxy groups -OCH3 is 1. The molecule has 0 heterocycles. The first-order chi connectivity index (χ1) is 8.58. The van der Waals surface area contributed by atoms with Gasteiger partial charge in [0.2, 0.25) is 0 Å². The topological polar surface area (TPSA) is 21.3 Å². The molecule has 0 amide bonds. The van der Waals surface area contributed by atoms with Crippen LogP contribution in [0.1, 0.15) is 37.4 Å². The summed E-state index contributed by atoms with van der Waals surface area (Å²) in [4.78, 5) is 0. The molecule has 102 valence electrons. The Labute approximate surface area is 119 Å². The van der Waals surface area contributed by atoms with Crippen LogP contribution in [0.3, 0.4) is 0 Å². The molecule has 1 aromatic carbocycles. The van der Waals surface area contributed by atoms with Crippen LogP contribution in [-0.2, 0) is 4.74 Å². The van der Waals surface area contributed by atoms with E-state index in [0.717, 1.165) is 24.0 Å². The van der Waals surface area contributed by atoms with Gasteiger partial charge in [0.1, 0.15) is 0 Å². The van der Waals surface area contributed by atoms with Crippen LogP contribution in [0, 0.1) is 12.8 Å². The van der Waals surface area contributed by atoms with Crippen LogP contribution in [0.4, 0.5) is 0 Å². The molecular weight excluding hydrogens is 290 g/mol. The lowest BCUT2D eigenvalue weighted by molar-refractivity contribution is 0.170. The third-order valence-corrected chi connectivity index (χ3v) is 3.65. The van der Waals surface area contributed by atoms with E-state index in [2.05, 4.69) is 60.2 Å². The van der Waals surface area contributed by atoms with Crippen LogP contribution in [0.5, 0.6) is 0 Å². The fourth-order valence-electron chi connectivity index (χ4n) is 2.28. The summed E-state index contributed by atoms with van der Waals surface area (Å²) in [5.41, 5.74) is 2.65. The molecule has 1 aromatic rings. The fourth-order valence-corrected chi connectivity index (χ4v) is 2.91. The summed E-state index contributed by atoms with van der Waals surface area (Å²) in [6.45, 7) is 8.37. The minimum Gasteiger partial charge on any atom is -0.385 e. The van der Waals surface area contributed by atoms with Gasteiger partial charge in [0, 0.05) is 24.2 Å². The molecule has 0 aromatic heterocycles. The Balaban J connectivity index is 2.88. The van der Waals surface area contributed by atoms with Crippen molar-refractivity contribution in [1.82, 2.24) is 5.32 Å². The molecule has 2 nitrogen and oxygen atoms in total. The highest BCUT2D eigenvalue weighted by Crippen LogP contribution is 2.27. The van der Waals surface area contributed by atoms with Crippen LogP contribution >= 0.6 is 15.9 Å². The molecular formula is C15H24BrNO. The van der Waals surface area contributed by atoms with E-state index >= 15 is 0 Å². The Morgan fingerprint density at radius 1 is 1.33 bits per heavy atom. The maximum atomic E-state index is 5.19. The summed E-state index contributed by atoms with van der Waals surface area (Å²) >= 11 is 3.58. The molecule has 0 saturated heterocycles.